The molecule has 1 aromatic carbocycles. The normalized spacial score (nSPS) is 27.2. The van der Waals surface area contributed by atoms with E-state index in [4.69, 9.17) is 0 Å². The Balaban J connectivity index is 1.55. The third kappa shape index (κ3) is 4.76. The lowest BCUT2D eigenvalue weighted by molar-refractivity contribution is -0.134. The van der Waals surface area contributed by atoms with E-state index in [0.717, 1.165) is 45.7 Å². The predicted molar refractivity (Wildman–Crippen MR) is 118 cm³/mol. The summed E-state index contributed by atoms with van der Waals surface area (Å²) in [6, 6.07) is 7.57. The number of benzene rings is 1. The summed E-state index contributed by atoms with van der Waals surface area (Å²) in [5, 5.41) is 3.70. The van der Waals surface area contributed by atoms with Gasteiger partial charge in [0.05, 0.1) is 6.54 Å². The van der Waals surface area contributed by atoms with E-state index >= 15 is 0 Å². The molecule has 6 nitrogen and oxygen atoms in total. The second-order valence-electron chi connectivity index (χ2n) is 9.23. The van der Waals surface area contributed by atoms with Gasteiger partial charge in [-0.05, 0) is 51.4 Å². The molecule has 0 spiro atoms. The molecule has 3 aliphatic heterocycles. The number of likely N-dealkylation sites (N-methyl/N-ethyl adjacent to an activating group) is 2. The average Bonchev–Trinajstić information content (AvgIpc) is 3.02. The quantitative estimate of drug-likeness (QED) is 0.822. The van der Waals surface area contributed by atoms with Crippen LogP contribution in [0.1, 0.15) is 30.4 Å². The van der Waals surface area contributed by atoms with Gasteiger partial charge in [-0.3, -0.25) is 14.6 Å². The van der Waals surface area contributed by atoms with E-state index in [0.29, 0.717) is 25.2 Å². The maximum absolute atomic E-state index is 13.4. The Kier molecular flexibility index (Phi) is 6.42. The number of carbonyl (C=O) groups is 1. The Bertz CT molecular complexity index is 715. The molecular weight excluding hydrogens is 362 g/mol. The summed E-state index contributed by atoms with van der Waals surface area (Å²) in [6.07, 6.45) is 3.60. The molecule has 160 valence electrons. The number of piperazine rings is 1. The first-order valence-corrected chi connectivity index (χ1v) is 11.2. The lowest BCUT2D eigenvalue weighted by atomic mass is 10.1. The highest BCUT2D eigenvalue weighted by Gasteiger charge is 2.33. The molecule has 29 heavy (non-hydrogen) atoms. The molecule has 2 fully saturated rings. The van der Waals surface area contributed by atoms with Crippen LogP contribution in [0.4, 0.5) is 5.69 Å². The van der Waals surface area contributed by atoms with Crippen LogP contribution in [-0.2, 0) is 11.3 Å². The lowest BCUT2D eigenvalue weighted by Crippen LogP contribution is -2.50. The number of nitrogens with one attached hydrogen (secondary N) is 1. The van der Waals surface area contributed by atoms with Crippen LogP contribution in [0, 0.1) is 6.92 Å². The Morgan fingerprint density at radius 2 is 1.83 bits per heavy atom. The van der Waals surface area contributed by atoms with Gasteiger partial charge in [0, 0.05) is 63.6 Å². The van der Waals surface area contributed by atoms with Crippen LogP contribution in [-0.4, -0.2) is 97.5 Å². The van der Waals surface area contributed by atoms with Gasteiger partial charge >= 0.3 is 0 Å². The number of hydrogen-bond acceptors (Lipinski definition) is 5. The monoisotopic (exact) mass is 399 g/mol. The van der Waals surface area contributed by atoms with Crippen molar-refractivity contribution in [2.45, 2.75) is 44.8 Å². The summed E-state index contributed by atoms with van der Waals surface area (Å²) in [5.41, 5.74) is 3.74. The minimum atomic E-state index is 0.276. The Morgan fingerprint density at radius 3 is 2.62 bits per heavy atom. The number of para-hydroxylation sites is 1. The molecule has 1 amide bonds. The molecule has 2 bridgehead atoms. The summed E-state index contributed by atoms with van der Waals surface area (Å²) in [5.74, 6) is 0.276. The molecule has 1 N–H and O–H groups in total. The van der Waals surface area contributed by atoms with Crippen molar-refractivity contribution in [3.8, 4) is 0 Å². The van der Waals surface area contributed by atoms with E-state index in [9.17, 15) is 4.79 Å². The molecule has 2 unspecified atom stereocenters. The van der Waals surface area contributed by atoms with Crippen LogP contribution in [0.25, 0.3) is 0 Å². The molecule has 2 atom stereocenters. The molecular formula is C23H37N5O. The number of anilines is 1. The highest BCUT2D eigenvalue weighted by molar-refractivity contribution is 5.78. The number of fused-ring (bicyclic) bond motifs is 3. The molecule has 3 aliphatic rings. The summed E-state index contributed by atoms with van der Waals surface area (Å²) in [6.45, 7) is 9.31. The minimum Gasteiger partial charge on any atom is -0.384 e. The molecule has 4 rings (SSSR count). The SMILES string of the molecule is Cc1cccc2c1NCCC1CCC(CN(C(=O)CN3CCN(C)CC3)C2)N1C. The van der Waals surface area contributed by atoms with Gasteiger partial charge in [0.25, 0.3) is 0 Å². The van der Waals surface area contributed by atoms with Gasteiger partial charge in [-0.25, -0.2) is 0 Å². The molecule has 0 saturated carbocycles. The second kappa shape index (κ2) is 9.02. The number of hydrogen-bond donors (Lipinski definition) is 1. The summed E-state index contributed by atoms with van der Waals surface area (Å²) < 4.78 is 0. The van der Waals surface area contributed by atoms with E-state index in [1.807, 2.05) is 0 Å². The van der Waals surface area contributed by atoms with Gasteiger partial charge in [-0.1, -0.05) is 18.2 Å². The van der Waals surface area contributed by atoms with Gasteiger partial charge < -0.3 is 15.1 Å². The van der Waals surface area contributed by atoms with Crippen molar-refractivity contribution in [3.63, 3.8) is 0 Å². The topological polar surface area (TPSA) is 42.1 Å². The molecule has 3 heterocycles. The van der Waals surface area contributed by atoms with Crippen molar-refractivity contribution in [1.29, 1.82) is 0 Å². The zero-order valence-corrected chi connectivity index (χ0v) is 18.4. The Labute approximate surface area is 175 Å². The number of rotatable bonds is 2. The van der Waals surface area contributed by atoms with Crippen molar-refractivity contribution in [3.05, 3.63) is 29.3 Å². The first-order valence-electron chi connectivity index (χ1n) is 11.2. The first kappa shape index (κ1) is 20.6. The summed E-state index contributed by atoms with van der Waals surface area (Å²) >= 11 is 0. The van der Waals surface area contributed by atoms with Gasteiger partial charge in [-0.15, -0.1) is 0 Å². The van der Waals surface area contributed by atoms with Crippen LogP contribution >= 0.6 is 0 Å². The fourth-order valence-electron chi connectivity index (χ4n) is 5.15. The van der Waals surface area contributed by atoms with Crippen molar-refractivity contribution in [1.82, 2.24) is 19.6 Å². The standard InChI is InChI=1S/C23H37N5O/c1-18-5-4-6-19-15-28(22(29)17-27-13-11-25(2)12-14-27)16-21-8-7-20(26(21)3)9-10-24-23(18)19/h4-6,20-21,24H,7-17H2,1-3H3. The highest BCUT2D eigenvalue weighted by Crippen LogP contribution is 2.29. The number of nitrogens with zero attached hydrogens (tertiary/aromatic N) is 4. The first-order chi connectivity index (χ1) is 14.0. The predicted octanol–water partition coefficient (Wildman–Crippen LogP) is 1.85. The Morgan fingerprint density at radius 1 is 1.07 bits per heavy atom. The summed E-state index contributed by atoms with van der Waals surface area (Å²) in [7, 11) is 4.41. The highest BCUT2D eigenvalue weighted by atomic mass is 16.2. The average molecular weight is 400 g/mol. The minimum absolute atomic E-state index is 0.276. The molecule has 0 aliphatic carbocycles. The van der Waals surface area contributed by atoms with Crippen LogP contribution in [0.2, 0.25) is 0 Å². The number of amides is 1. The number of aryl methyl sites for hydroxylation is 1. The summed E-state index contributed by atoms with van der Waals surface area (Å²) in [4.78, 5) is 22.7. The molecule has 6 heteroatoms. The van der Waals surface area contributed by atoms with Gasteiger partial charge in [0.15, 0.2) is 0 Å². The van der Waals surface area contributed by atoms with E-state index in [1.54, 1.807) is 0 Å². The smallest absolute Gasteiger partial charge is 0.237 e. The van der Waals surface area contributed by atoms with E-state index in [2.05, 4.69) is 64.1 Å². The fourth-order valence-corrected chi connectivity index (χ4v) is 5.15. The maximum Gasteiger partial charge on any atom is 0.237 e. The number of carbonyl (C=O) groups excluding carboxylic acids is 1. The molecule has 2 saturated heterocycles. The van der Waals surface area contributed by atoms with Crippen molar-refractivity contribution < 1.29 is 4.79 Å². The van der Waals surface area contributed by atoms with Crippen molar-refractivity contribution in [2.75, 3.05) is 65.2 Å². The maximum atomic E-state index is 13.4. The Hall–Kier alpha value is -1.63. The molecule has 0 radical (unpaired) electrons. The van der Waals surface area contributed by atoms with Crippen LogP contribution in [0.3, 0.4) is 0 Å². The van der Waals surface area contributed by atoms with Gasteiger partial charge in [-0.2, -0.15) is 0 Å². The lowest BCUT2D eigenvalue weighted by Gasteiger charge is -2.35. The van der Waals surface area contributed by atoms with Gasteiger partial charge in [0.1, 0.15) is 0 Å². The van der Waals surface area contributed by atoms with E-state index in [1.165, 1.54) is 29.7 Å². The van der Waals surface area contributed by atoms with Crippen LogP contribution in [0.5, 0.6) is 0 Å². The van der Waals surface area contributed by atoms with Gasteiger partial charge in [0.2, 0.25) is 5.91 Å². The van der Waals surface area contributed by atoms with Crippen LogP contribution < -0.4 is 5.32 Å². The zero-order valence-electron chi connectivity index (χ0n) is 18.4. The zero-order chi connectivity index (χ0) is 20.4. The third-order valence-corrected chi connectivity index (χ3v) is 7.22. The van der Waals surface area contributed by atoms with Crippen molar-refractivity contribution >= 4 is 11.6 Å². The molecule has 0 aromatic heterocycles. The van der Waals surface area contributed by atoms with E-state index < -0.39 is 0 Å². The second-order valence-corrected chi connectivity index (χ2v) is 9.23. The largest absolute Gasteiger partial charge is 0.384 e. The third-order valence-electron chi connectivity index (χ3n) is 7.22. The van der Waals surface area contributed by atoms with Crippen molar-refractivity contribution in [2.24, 2.45) is 0 Å². The fraction of sp³-hybridized carbons (Fsp3) is 0.696. The van der Waals surface area contributed by atoms with Crippen LogP contribution in [0.15, 0.2) is 18.2 Å². The molecule has 1 aromatic rings. The van der Waals surface area contributed by atoms with E-state index in [-0.39, 0.29) is 5.91 Å².